The van der Waals surface area contributed by atoms with Gasteiger partial charge >= 0.3 is 6.18 Å². The van der Waals surface area contributed by atoms with Crippen LogP contribution >= 0.6 is 0 Å². The van der Waals surface area contributed by atoms with Crippen LogP contribution in [0.4, 0.5) is 13.2 Å². The van der Waals surface area contributed by atoms with Crippen LogP contribution in [0.3, 0.4) is 0 Å². The lowest BCUT2D eigenvalue weighted by Crippen LogP contribution is -2.35. The number of halogens is 3. The van der Waals surface area contributed by atoms with Crippen LogP contribution in [-0.2, 0) is 39.2 Å². The first-order valence-corrected chi connectivity index (χ1v) is 10.4. The Morgan fingerprint density at radius 1 is 1.16 bits per heavy atom. The lowest BCUT2D eigenvalue weighted by Gasteiger charge is -2.24. The number of nitrogens with one attached hydrogen (secondary N) is 2. The van der Waals surface area contributed by atoms with Gasteiger partial charge in [0.1, 0.15) is 0 Å². The molecule has 3 aromatic rings. The Morgan fingerprint density at radius 2 is 1.94 bits per heavy atom. The van der Waals surface area contributed by atoms with E-state index in [1.54, 1.807) is 23.1 Å². The minimum Gasteiger partial charge on any atom is -0.347 e. The second-order valence-electron chi connectivity index (χ2n) is 7.95. The van der Waals surface area contributed by atoms with Crippen LogP contribution in [0, 0.1) is 0 Å². The Bertz CT molecular complexity index is 1090. The zero-order chi connectivity index (χ0) is 22.7. The number of nitrogens with zero attached hydrogens (tertiary/aromatic N) is 3. The summed E-state index contributed by atoms with van der Waals surface area (Å²) in [5.74, 6) is -0.239. The molecular weight excluding hydrogens is 419 g/mol. The minimum absolute atomic E-state index is 0.0491. The summed E-state index contributed by atoms with van der Waals surface area (Å²) >= 11 is 0. The summed E-state index contributed by atoms with van der Waals surface area (Å²) < 4.78 is 40.6. The van der Waals surface area contributed by atoms with Crippen molar-refractivity contribution >= 4 is 5.91 Å². The number of fused-ring (bicyclic) bond motifs is 1. The SMILES string of the molecule is Cn1nc(C(=O)NCc2ccncc2)c2c1CCC(NCc1cccc(C(F)(F)F)c1)C2. The van der Waals surface area contributed by atoms with Gasteiger partial charge in [0.25, 0.3) is 5.91 Å². The molecule has 1 atom stereocenters. The number of pyridine rings is 1. The van der Waals surface area contributed by atoms with Gasteiger partial charge in [-0.3, -0.25) is 14.5 Å². The molecule has 0 spiro atoms. The molecule has 4 rings (SSSR count). The number of alkyl halides is 3. The van der Waals surface area contributed by atoms with Crippen molar-refractivity contribution in [2.45, 2.75) is 44.6 Å². The largest absolute Gasteiger partial charge is 0.416 e. The van der Waals surface area contributed by atoms with Gasteiger partial charge in [-0.05, 0) is 48.6 Å². The Balaban J connectivity index is 1.41. The highest BCUT2D eigenvalue weighted by molar-refractivity contribution is 5.94. The monoisotopic (exact) mass is 443 g/mol. The van der Waals surface area contributed by atoms with E-state index in [1.165, 1.54) is 12.1 Å². The highest BCUT2D eigenvalue weighted by atomic mass is 19.4. The molecule has 32 heavy (non-hydrogen) atoms. The molecule has 1 unspecified atom stereocenters. The topological polar surface area (TPSA) is 71.8 Å². The number of amides is 1. The zero-order valence-corrected chi connectivity index (χ0v) is 17.6. The number of carbonyl (C=O) groups is 1. The van der Waals surface area contributed by atoms with Gasteiger partial charge in [-0.15, -0.1) is 0 Å². The molecule has 0 aliphatic heterocycles. The van der Waals surface area contributed by atoms with Crippen LogP contribution in [-0.4, -0.2) is 26.7 Å². The first-order chi connectivity index (χ1) is 15.3. The fourth-order valence-electron chi connectivity index (χ4n) is 4.03. The first-order valence-electron chi connectivity index (χ1n) is 10.4. The Kier molecular flexibility index (Phi) is 6.27. The van der Waals surface area contributed by atoms with Crippen molar-refractivity contribution < 1.29 is 18.0 Å². The average Bonchev–Trinajstić information content (AvgIpc) is 3.12. The van der Waals surface area contributed by atoms with Gasteiger partial charge in [0.15, 0.2) is 5.69 Å². The van der Waals surface area contributed by atoms with E-state index in [0.29, 0.717) is 30.8 Å². The van der Waals surface area contributed by atoms with Crippen LogP contribution < -0.4 is 10.6 Å². The van der Waals surface area contributed by atoms with E-state index in [2.05, 4.69) is 20.7 Å². The molecular formula is C23H24F3N5O. The molecule has 0 fully saturated rings. The van der Waals surface area contributed by atoms with Gasteiger partial charge in [0.2, 0.25) is 0 Å². The Labute approximate surface area is 183 Å². The molecule has 1 aliphatic rings. The minimum atomic E-state index is -4.36. The normalized spacial score (nSPS) is 15.9. The van der Waals surface area contributed by atoms with Crippen LogP contribution in [0.5, 0.6) is 0 Å². The van der Waals surface area contributed by atoms with E-state index in [9.17, 15) is 18.0 Å². The van der Waals surface area contributed by atoms with Crippen LogP contribution in [0.2, 0.25) is 0 Å². The van der Waals surface area contributed by atoms with Gasteiger partial charge in [-0.2, -0.15) is 18.3 Å². The third-order valence-corrected chi connectivity index (χ3v) is 5.72. The van der Waals surface area contributed by atoms with Crippen LogP contribution in [0.25, 0.3) is 0 Å². The summed E-state index contributed by atoms with van der Waals surface area (Å²) in [6, 6.07) is 9.06. The molecule has 0 bridgehead atoms. The zero-order valence-electron chi connectivity index (χ0n) is 17.6. The van der Waals surface area contributed by atoms with Gasteiger partial charge < -0.3 is 10.6 Å². The summed E-state index contributed by atoms with van der Waals surface area (Å²) in [6.45, 7) is 0.706. The average molecular weight is 443 g/mol. The summed E-state index contributed by atoms with van der Waals surface area (Å²) in [4.78, 5) is 16.8. The van der Waals surface area contributed by atoms with Crippen molar-refractivity contribution in [3.05, 3.63) is 82.4 Å². The fourth-order valence-corrected chi connectivity index (χ4v) is 4.03. The summed E-state index contributed by atoms with van der Waals surface area (Å²) in [5.41, 5.74) is 3.19. The second-order valence-corrected chi connectivity index (χ2v) is 7.95. The van der Waals surface area contributed by atoms with E-state index in [1.807, 2.05) is 19.2 Å². The highest BCUT2D eigenvalue weighted by Crippen LogP contribution is 2.30. The van der Waals surface area contributed by atoms with E-state index in [0.717, 1.165) is 35.7 Å². The van der Waals surface area contributed by atoms with Crippen molar-refractivity contribution in [2.24, 2.45) is 7.05 Å². The number of hydrogen-bond donors (Lipinski definition) is 2. The van der Waals surface area contributed by atoms with Crippen molar-refractivity contribution in [2.75, 3.05) is 0 Å². The van der Waals surface area contributed by atoms with Crippen molar-refractivity contribution in [3.8, 4) is 0 Å². The molecule has 2 N–H and O–H groups in total. The lowest BCUT2D eigenvalue weighted by molar-refractivity contribution is -0.137. The number of aromatic nitrogens is 3. The molecule has 1 amide bonds. The van der Waals surface area contributed by atoms with E-state index >= 15 is 0 Å². The third-order valence-electron chi connectivity index (χ3n) is 5.72. The molecule has 1 aromatic carbocycles. The standard InChI is InChI=1S/C23H24F3N5O/c1-31-20-6-5-18(28-14-16-3-2-4-17(11-16)23(24,25)26)12-19(20)21(30-31)22(32)29-13-15-7-9-27-10-8-15/h2-4,7-11,18,28H,5-6,12-14H2,1H3,(H,29,32). The maximum atomic E-state index is 13.0. The summed E-state index contributed by atoms with van der Waals surface area (Å²) in [6.07, 6.45) is 1.15. The molecule has 0 saturated carbocycles. The smallest absolute Gasteiger partial charge is 0.347 e. The maximum Gasteiger partial charge on any atom is 0.416 e. The molecule has 0 saturated heterocycles. The van der Waals surface area contributed by atoms with E-state index in [-0.39, 0.29) is 11.9 Å². The molecule has 1 aliphatic carbocycles. The first kappa shape index (κ1) is 22.0. The molecule has 168 valence electrons. The highest BCUT2D eigenvalue weighted by Gasteiger charge is 2.31. The quantitative estimate of drug-likeness (QED) is 0.613. The van der Waals surface area contributed by atoms with E-state index < -0.39 is 11.7 Å². The number of benzene rings is 1. The number of rotatable bonds is 6. The van der Waals surface area contributed by atoms with Crippen LogP contribution in [0.1, 0.15) is 44.9 Å². The fraction of sp³-hybridized carbons (Fsp3) is 0.348. The number of aryl methyl sites for hydroxylation is 1. The van der Waals surface area contributed by atoms with Crippen LogP contribution in [0.15, 0.2) is 48.8 Å². The summed E-state index contributed by atoms with van der Waals surface area (Å²) in [5, 5.41) is 10.7. The Morgan fingerprint density at radius 3 is 2.69 bits per heavy atom. The Hall–Kier alpha value is -3.20. The van der Waals surface area contributed by atoms with Gasteiger partial charge in [0, 0.05) is 49.8 Å². The maximum absolute atomic E-state index is 13.0. The molecule has 9 heteroatoms. The molecule has 6 nitrogen and oxygen atoms in total. The predicted octanol–water partition coefficient (Wildman–Crippen LogP) is 3.41. The molecule has 2 heterocycles. The van der Waals surface area contributed by atoms with Gasteiger partial charge in [-0.25, -0.2) is 0 Å². The second kappa shape index (κ2) is 9.12. The predicted molar refractivity (Wildman–Crippen MR) is 113 cm³/mol. The van der Waals surface area contributed by atoms with Crippen molar-refractivity contribution in [3.63, 3.8) is 0 Å². The number of carbonyl (C=O) groups excluding carboxylic acids is 1. The van der Waals surface area contributed by atoms with Crippen molar-refractivity contribution in [1.82, 2.24) is 25.4 Å². The number of hydrogen-bond acceptors (Lipinski definition) is 4. The molecule has 0 radical (unpaired) electrons. The van der Waals surface area contributed by atoms with Gasteiger partial charge in [0.05, 0.1) is 5.56 Å². The lowest BCUT2D eigenvalue weighted by atomic mass is 9.91. The van der Waals surface area contributed by atoms with Gasteiger partial charge in [-0.1, -0.05) is 18.2 Å². The van der Waals surface area contributed by atoms with Crippen molar-refractivity contribution in [1.29, 1.82) is 0 Å². The summed E-state index contributed by atoms with van der Waals surface area (Å²) in [7, 11) is 1.83. The third kappa shape index (κ3) is 4.99. The van der Waals surface area contributed by atoms with E-state index in [4.69, 9.17) is 0 Å². The molecule has 2 aromatic heterocycles.